The highest BCUT2D eigenvalue weighted by atomic mass is 19.4. The summed E-state index contributed by atoms with van der Waals surface area (Å²) in [6.45, 7) is 2.28. The number of carbonyl (C=O) groups excluding carboxylic acids is 1. The van der Waals surface area contributed by atoms with Gasteiger partial charge < -0.3 is 9.42 Å². The number of amides is 1. The third kappa shape index (κ3) is 3.68. The van der Waals surface area contributed by atoms with Crippen LogP contribution < -0.4 is 0 Å². The summed E-state index contributed by atoms with van der Waals surface area (Å²) in [5, 5.41) is 3.80. The minimum atomic E-state index is -4.45. The fraction of sp³-hybridized carbons (Fsp3) is 0.727. The highest BCUT2D eigenvalue weighted by Crippen LogP contribution is 2.28. The van der Waals surface area contributed by atoms with Crippen molar-refractivity contribution >= 4 is 5.91 Å². The number of likely N-dealkylation sites (tertiary alicyclic amines) is 1. The van der Waals surface area contributed by atoms with E-state index < -0.39 is 18.5 Å². The van der Waals surface area contributed by atoms with E-state index >= 15 is 0 Å². The highest BCUT2D eigenvalue weighted by Gasteiger charge is 2.35. The molecule has 0 unspecified atom stereocenters. The molecule has 2 heterocycles. The summed E-state index contributed by atoms with van der Waals surface area (Å²) in [6.07, 6.45) is -4.72. The molecule has 19 heavy (non-hydrogen) atoms. The number of carbonyl (C=O) groups is 1. The molecule has 0 spiro atoms. The van der Waals surface area contributed by atoms with Crippen molar-refractivity contribution in [2.45, 2.75) is 38.3 Å². The van der Waals surface area contributed by atoms with E-state index in [4.69, 9.17) is 4.52 Å². The van der Waals surface area contributed by atoms with Crippen molar-refractivity contribution in [2.75, 3.05) is 13.1 Å². The highest BCUT2D eigenvalue weighted by molar-refractivity contribution is 5.76. The molecule has 5 nitrogen and oxygen atoms in total. The number of hydrogen-bond donors (Lipinski definition) is 0. The number of aromatic nitrogens is 2. The SMILES string of the molecule is Cc1nc(C2CCN(C(=O)CC(F)(F)F)CC2)no1. The minimum absolute atomic E-state index is 0.0485. The van der Waals surface area contributed by atoms with E-state index in [0.717, 1.165) is 0 Å². The van der Waals surface area contributed by atoms with E-state index in [1.54, 1.807) is 6.92 Å². The Morgan fingerprint density at radius 2 is 2.05 bits per heavy atom. The van der Waals surface area contributed by atoms with E-state index in [1.165, 1.54) is 4.90 Å². The molecule has 0 aromatic carbocycles. The maximum absolute atomic E-state index is 12.1. The summed E-state index contributed by atoms with van der Waals surface area (Å²) >= 11 is 0. The van der Waals surface area contributed by atoms with Crippen molar-refractivity contribution in [3.63, 3.8) is 0 Å². The van der Waals surface area contributed by atoms with Gasteiger partial charge in [0.15, 0.2) is 5.82 Å². The first-order valence-electron chi connectivity index (χ1n) is 6.00. The molecule has 106 valence electrons. The molecular weight excluding hydrogens is 263 g/mol. The first-order chi connectivity index (χ1) is 8.85. The second-order valence-electron chi connectivity index (χ2n) is 4.62. The van der Waals surface area contributed by atoms with E-state index in [-0.39, 0.29) is 5.92 Å². The lowest BCUT2D eigenvalue weighted by molar-refractivity contribution is -0.162. The minimum Gasteiger partial charge on any atom is -0.342 e. The standard InChI is InChI=1S/C11H14F3N3O2/c1-7-15-10(16-19-7)8-2-4-17(5-3-8)9(18)6-11(12,13)14/h8H,2-6H2,1H3. The van der Waals surface area contributed by atoms with Gasteiger partial charge in [-0.15, -0.1) is 0 Å². The number of hydrogen-bond acceptors (Lipinski definition) is 4. The molecule has 2 rings (SSSR count). The topological polar surface area (TPSA) is 59.2 Å². The first kappa shape index (κ1) is 13.8. The maximum Gasteiger partial charge on any atom is 0.397 e. The fourth-order valence-corrected chi connectivity index (χ4v) is 2.15. The summed E-state index contributed by atoms with van der Waals surface area (Å²) in [6, 6.07) is 0. The molecule has 1 aliphatic heterocycles. The summed E-state index contributed by atoms with van der Waals surface area (Å²) in [5.41, 5.74) is 0. The summed E-state index contributed by atoms with van der Waals surface area (Å²) in [7, 11) is 0. The molecule has 8 heteroatoms. The quantitative estimate of drug-likeness (QED) is 0.830. The van der Waals surface area contributed by atoms with Crippen molar-refractivity contribution in [3.05, 3.63) is 11.7 Å². The Balaban J connectivity index is 1.87. The molecule has 0 radical (unpaired) electrons. The molecule has 1 fully saturated rings. The van der Waals surface area contributed by atoms with E-state index in [2.05, 4.69) is 10.1 Å². The van der Waals surface area contributed by atoms with Crippen LogP contribution in [0.2, 0.25) is 0 Å². The Labute approximate surface area is 107 Å². The van der Waals surface area contributed by atoms with E-state index in [0.29, 0.717) is 37.6 Å². The first-order valence-corrected chi connectivity index (χ1v) is 6.00. The zero-order valence-corrected chi connectivity index (χ0v) is 10.4. The van der Waals surface area contributed by atoms with Crippen molar-refractivity contribution in [1.82, 2.24) is 15.0 Å². The van der Waals surface area contributed by atoms with Gasteiger partial charge in [-0.2, -0.15) is 18.2 Å². The molecule has 1 aromatic heterocycles. The second-order valence-corrected chi connectivity index (χ2v) is 4.62. The van der Waals surface area contributed by atoms with Crippen molar-refractivity contribution < 1.29 is 22.5 Å². The summed E-state index contributed by atoms with van der Waals surface area (Å²) in [5.74, 6) is 0.216. The Kier molecular flexibility index (Phi) is 3.77. The van der Waals surface area contributed by atoms with Crippen LogP contribution in [0.15, 0.2) is 4.52 Å². The number of aryl methyl sites for hydroxylation is 1. The zero-order valence-electron chi connectivity index (χ0n) is 10.4. The number of alkyl halides is 3. The monoisotopic (exact) mass is 277 g/mol. The lowest BCUT2D eigenvalue weighted by Gasteiger charge is -2.30. The Bertz CT molecular complexity index is 450. The van der Waals surface area contributed by atoms with Crippen LogP contribution in [-0.4, -0.2) is 40.2 Å². The summed E-state index contributed by atoms with van der Waals surface area (Å²) in [4.78, 5) is 16.8. The predicted molar refractivity (Wildman–Crippen MR) is 58.3 cm³/mol. The molecule has 1 aliphatic rings. The van der Waals surface area contributed by atoms with Gasteiger partial charge in [0.05, 0.1) is 0 Å². The van der Waals surface area contributed by atoms with Gasteiger partial charge in [0.25, 0.3) is 0 Å². The van der Waals surface area contributed by atoms with Crippen LogP contribution in [0.3, 0.4) is 0 Å². The zero-order chi connectivity index (χ0) is 14.0. The third-order valence-corrected chi connectivity index (χ3v) is 3.11. The Morgan fingerprint density at radius 1 is 1.42 bits per heavy atom. The smallest absolute Gasteiger partial charge is 0.342 e. The van der Waals surface area contributed by atoms with E-state index in [1.807, 2.05) is 0 Å². The van der Waals surface area contributed by atoms with Crippen molar-refractivity contribution in [2.24, 2.45) is 0 Å². The lowest BCUT2D eigenvalue weighted by atomic mass is 9.96. The molecular formula is C11H14F3N3O2. The molecule has 0 atom stereocenters. The van der Waals surface area contributed by atoms with Crippen molar-refractivity contribution in [3.8, 4) is 0 Å². The predicted octanol–water partition coefficient (Wildman–Crippen LogP) is 2.04. The van der Waals surface area contributed by atoms with Crippen LogP contribution in [0.4, 0.5) is 13.2 Å². The maximum atomic E-state index is 12.1. The summed E-state index contributed by atoms with van der Waals surface area (Å²) < 4.78 is 41.2. The van der Waals surface area contributed by atoms with Gasteiger partial charge >= 0.3 is 6.18 Å². The number of piperidine rings is 1. The van der Waals surface area contributed by atoms with Crippen LogP contribution in [0.5, 0.6) is 0 Å². The average molecular weight is 277 g/mol. The average Bonchev–Trinajstić information content (AvgIpc) is 2.74. The van der Waals surface area contributed by atoms with Crippen LogP contribution in [-0.2, 0) is 4.79 Å². The van der Waals surface area contributed by atoms with Crippen LogP contribution in [0, 0.1) is 6.92 Å². The normalized spacial score (nSPS) is 17.8. The number of rotatable bonds is 2. The number of halogens is 3. The van der Waals surface area contributed by atoms with Gasteiger partial charge in [-0.25, -0.2) is 0 Å². The number of nitrogens with zero attached hydrogens (tertiary/aromatic N) is 3. The van der Waals surface area contributed by atoms with E-state index in [9.17, 15) is 18.0 Å². The van der Waals surface area contributed by atoms with Gasteiger partial charge in [-0.3, -0.25) is 4.79 Å². The third-order valence-electron chi connectivity index (χ3n) is 3.11. The van der Waals surface area contributed by atoms with Gasteiger partial charge in [0, 0.05) is 25.9 Å². The van der Waals surface area contributed by atoms with Gasteiger partial charge in [0.2, 0.25) is 11.8 Å². The molecule has 1 amide bonds. The Hall–Kier alpha value is -1.60. The Morgan fingerprint density at radius 3 is 2.53 bits per heavy atom. The molecule has 0 aliphatic carbocycles. The lowest BCUT2D eigenvalue weighted by Crippen LogP contribution is -2.39. The van der Waals surface area contributed by atoms with Crippen LogP contribution in [0.1, 0.15) is 36.9 Å². The van der Waals surface area contributed by atoms with Gasteiger partial charge in [0.1, 0.15) is 6.42 Å². The molecule has 1 saturated heterocycles. The van der Waals surface area contributed by atoms with Crippen LogP contribution in [0.25, 0.3) is 0 Å². The largest absolute Gasteiger partial charge is 0.397 e. The van der Waals surface area contributed by atoms with Crippen LogP contribution >= 0.6 is 0 Å². The van der Waals surface area contributed by atoms with Crippen molar-refractivity contribution in [1.29, 1.82) is 0 Å². The second kappa shape index (κ2) is 5.18. The molecule has 0 bridgehead atoms. The van der Waals surface area contributed by atoms with Gasteiger partial charge in [-0.1, -0.05) is 5.16 Å². The molecule has 0 N–H and O–H groups in total. The molecule has 1 aromatic rings. The molecule has 0 saturated carbocycles. The van der Waals surface area contributed by atoms with Gasteiger partial charge in [-0.05, 0) is 12.8 Å². The fourth-order valence-electron chi connectivity index (χ4n) is 2.15.